The summed E-state index contributed by atoms with van der Waals surface area (Å²) in [5, 5.41) is 0.768. The Morgan fingerprint density at radius 3 is 2.11 bits per heavy atom. The summed E-state index contributed by atoms with van der Waals surface area (Å²) in [4.78, 5) is 12.6. The second-order valence-corrected chi connectivity index (χ2v) is 6.52. The molecule has 2 heterocycles. The van der Waals surface area contributed by atoms with E-state index < -0.39 is 0 Å². The molecule has 0 fully saturated rings. The maximum atomic E-state index is 12.6. The van der Waals surface area contributed by atoms with E-state index in [0.717, 1.165) is 16.5 Å². The van der Waals surface area contributed by atoms with Crippen molar-refractivity contribution in [1.82, 2.24) is 0 Å². The van der Waals surface area contributed by atoms with E-state index in [1.165, 1.54) is 0 Å². The zero-order chi connectivity index (χ0) is 19.3. The van der Waals surface area contributed by atoms with E-state index in [-0.39, 0.29) is 5.63 Å². The van der Waals surface area contributed by atoms with Gasteiger partial charge in [0.15, 0.2) is 11.5 Å². The molecule has 28 heavy (non-hydrogen) atoms. The average molecular weight is 382 g/mol. The molecule has 0 aliphatic carbocycles. The van der Waals surface area contributed by atoms with Gasteiger partial charge in [-0.2, -0.15) is 0 Å². The highest BCUT2D eigenvalue weighted by Gasteiger charge is 2.14. The van der Waals surface area contributed by atoms with Crippen LogP contribution in [0.3, 0.4) is 0 Å². The van der Waals surface area contributed by atoms with E-state index in [2.05, 4.69) is 0 Å². The molecule has 0 bridgehead atoms. The zero-order valence-electron chi connectivity index (χ0n) is 15.7. The van der Waals surface area contributed by atoms with Gasteiger partial charge in [-0.25, -0.2) is 4.79 Å². The highest BCUT2D eigenvalue weighted by Crippen LogP contribution is 2.34. The summed E-state index contributed by atoms with van der Waals surface area (Å²) in [5.74, 6) is 1.10. The molecule has 6 nitrogen and oxygen atoms in total. The number of hydrogen-bond acceptors (Lipinski definition) is 6. The highest BCUT2D eigenvalue weighted by molar-refractivity contribution is 5.85. The molecule has 0 unspecified atom stereocenters. The minimum absolute atomic E-state index is 0.368. The van der Waals surface area contributed by atoms with Crippen LogP contribution < -0.4 is 15.1 Å². The van der Waals surface area contributed by atoms with Gasteiger partial charge in [0.05, 0.1) is 32.0 Å². The third-order valence-electron chi connectivity index (χ3n) is 4.58. The summed E-state index contributed by atoms with van der Waals surface area (Å²) in [6.07, 6.45) is 0. The lowest BCUT2D eigenvalue weighted by Gasteiger charge is -2.16. The molecule has 3 aromatic rings. The second-order valence-electron chi connectivity index (χ2n) is 6.52. The van der Waals surface area contributed by atoms with Gasteiger partial charge in [-0.05, 0) is 30.2 Å². The van der Waals surface area contributed by atoms with E-state index >= 15 is 0 Å². The molecular weight excluding hydrogens is 360 g/mol. The summed E-state index contributed by atoms with van der Waals surface area (Å²) in [7, 11) is 0. The fourth-order valence-electron chi connectivity index (χ4n) is 3.16. The maximum absolute atomic E-state index is 12.6. The van der Waals surface area contributed by atoms with Crippen molar-refractivity contribution >= 4 is 11.0 Å². The Bertz CT molecular complexity index is 1020. The van der Waals surface area contributed by atoms with Crippen LogP contribution in [-0.4, -0.2) is 39.6 Å². The Hall–Kier alpha value is -2.83. The summed E-state index contributed by atoms with van der Waals surface area (Å²) >= 11 is 0. The van der Waals surface area contributed by atoms with Gasteiger partial charge in [-0.3, -0.25) is 0 Å². The third-order valence-corrected chi connectivity index (χ3v) is 4.58. The van der Waals surface area contributed by atoms with Crippen LogP contribution in [0.2, 0.25) is 0 Å². The van der Waals surface area contributed by atoms with Crippen LogP contribution >= 0.6 is 0 Å². The topological polar surface area (TPSA) is 67.1 Å². The Kier molecular flexibility index (Phi) is 5.60. The quantitative estimate of drug-likeness (QED) is 0.600. The van der Waals surface area contributed by atoms with Crippen molar-refractivity contribution in [2.45, 2.75) is 6.92 Å². The summed E-state index contributed by atoms with van der Waals surface area (Å²) in [6, 6.07) is 13.1. The summed E-state index contributed by atoms with van der Waals surface area (Å²) in [6.45, 7) is 4.67. The van der Waals surface area contributed by atoms with Gasteiger partial charge in [0.1, 0.15) is 18.8 Å². The fraction of sp³-hybridized carbons (Fsp3) is 0.318. The van der Waals surface area contributed by atoms with Gasteiger partial charge in [-0.1, -0.05) is 24.3 Å². The summed E-state index contributed by atoms with van der Waals surface area (Å²) < 4.78 is 28.1. The van der Waals surface area contributed by atoms with Gasteiger partial charge in [0.25, 0.3) is 0 Å². The van der Waals surface area contributed by atoms with Gasteiger partial charge < -0.3 is 23.4 Å². The van der Waals surface area contributed by atoms with Gasteiger partial charge in [-0.15, -0.1) is 0 Å². The van der Waals surface area contributed by atoms with E-state index in [1.807, 2.05) is 43.3 Å². The van der Waals surface area contributed by atoms with Crippen molar-refractivity contribution in [1.29, 1.82) is 0 Å². The fourth-order valence-corrected chi connectivity index (χ4v) is 3.16. The lowest BCUT2D eigenvalue weighted by atomic mass is 10.0. The first-order valence-corrected chi connectivity index (χ1v) is 9.31. The lowest BCUT2D eigenvalue weighted by molar-refractivity contribution is 0.0224. The molecule has 0 N–H and O–H groups in total. The van der Waals surface area contributed by atoms with Gasteiger partial charge >= 0.3 is 5.63 Å². The van der Waals surface area contributed by atoms with E-state index in [9.17, 15) is 4.79 Å². The number of fused-ring (bicyclic) bond motifs is 2. The largest absolute Gasteiger partial charge is 0.487 e. The molecule has 0 saturated heterocycles. The van der Waals surface area contributed by atoms with Gasteiger partial charge in [0.2, 0.25) is 0 Å². The average Bonchev–Trinajstić information content (AvgIpc) is 2.68. The molecule has 0 spiro atoms. The highest BCUT2D eigenvalue weighted by atomic mass is 16.6. The Balaban J connectivity index is 1.76. The minimum Gasteiger partial charge on any atom is -0.487 e. The molecule has 6 heteroatoms. The standard InChI is InChI=1S/C22H22O6/c1-15-4-2-3-5-17(15)18-12-16-13-20-21(14-19(16)28-22(18)23)27-11-9-25-7-6-24-8-10-26-20/h2-5,12-14H,6-11H2,1H3. The minimum atomic E-state index is -0.382. The van der Waals surface area contributed by atoms with Gasteiger partial charge in [0, 0.05) is 11.5 Å². The monoisotopic (exact) mass is 382 g/mol. The van der Waals surface area contributed by atoms with Crippen LogP contribution in [0.5, 0.6) is 11.5 Å². The molecule has 0 saturated carbocycles. The van der Waals surface area contributed by atoms with Crippen molar-refractivity contribution in [3.63, 3.8) is 0 Å². The smallest absolute Gasteiger partial charge is 0.344 e. The van der Waals surface area contributed by atoms with Crippen molar-refractivity contribution in [2.75, 3.05) is 39.6 Å². The predicted molar refractivity (Wildman–Crippen MR) is 105 cm³/mol. The predicted octanol–water partition coefficient (Wildman–Crippen LogP) is 3.57. The first-order valence-electron chi connectivity index (χ1n) is 9.31. The van der Waals surface area contributed by atoms with E-state index in [1.54, 1.807) is 6.07 Å². The van der Waals surface area contributed by atoms with Crippen molar-refractivity contribution in [3.8, 4) is 22.6 Å². The SMILES string of the molecule is Cc1ccccc1-c1cc2cc3c(cc2oc1=O)OCCOCCOCCO3. The number of rotatable bonds is 1. The summed E-state index contributed by atoms with van der Waals surface area (Å²) in [5.41, 5.74) is 2.46. The lowest BCUT2D eigenvalue weighted by Crippen LogP contribution is -2.15. The van der Waals surface area contributed by atoms with Crippen LogP contribution in [0.25, 0.3) is 22.1 Å². The molecular formula is C22H22O6. The van der Waals surface area contributed by atoms with Crippen molar-refractivity contribution in [3.05, 3.63) is 58.4 Å². The second kappa shape index (κ2) is 8.46. The van der Waals surface area contributed by atoms with Crippen LogP contribution in [0.1, 0.15) is 5.56 Å². The first-order chi connectivity index (χ1) is 13.7. The molecule has 2 aromatic carbocycles. The van der Waals surface area contributed by atoms with E-state index in [0.29, 0.717) is 62.3 Å². The first kappa shape index (κ1) is 18.5. The van der Waals surface area contributed by atoms with Crippen molar-refractivity contribution < 1.29 is 23.4 Å². The van der Waals surface area contributed by atoms with Crippen LogP contribution in [0, 0.1) is 6.92 Å². The Morgan fingerprint density at radius 1 is 0.750 bits per heavy atom. The maximum Gasteiger partial charge on any atom is 0.344 e. The Morgan fingerprint density at radius 2 is 1.39 bits per heavy atom. The number of aryl methyl sites for hydroxylation is 1. The van der Waals surface area contributed by atoms with E-state index in [4.69, 9.17) is 23.4 Å². The van der Waals surface area contributed by atoms with Crippen LogP contribution in [0.4, 0.5) is 0 Å². The number of hydrogen-bond donors (Lipinski definition) is 0. The Labute approximate surface area is 162 Å². The molecule has 0 amide bonds. The molecule has 0 radical (unpaired) electrons. The van der Waals surface area contributed by atoms with Crippen molar-refractivity contribution in [2.24, 2.45) is 0 Å². The molecule has 146 valence electrons. The third kappa shape index (κ3) is 4.03. The van der Waals surface area contributed by atoms with Crippen LogP contribution in [-0.2, 0) is 9.47 Å². The molecule has 1 aliphatic heterocycles. The number of ether oxygens (including phenoxy) is 4. The zero-order valence-corrected chi connectivity index (χ0v) is 15.7. The molecule has 1 aliphatic rings. The molecule has 4 rings (SSSR count). The number of benzene rings is 2. The normalized spacial score (nSPS) is 15.6. The molecule has 1 aromatic heterocycles. The van der Waals surface area contributed by atoms with Crippen LogP contribution in [0.15, 0.2) is 51.7 Å². The molecule has 0 atom stereocenters.